The summed E-state index contributed by atoms with van der Waals surface area (Å²) < 4.78 is 5.45. The Morgan fingerprint density at radius 2 is 2.00 bits per heavy atom. The molecular weight excluding hydrogens is 174 g/mol. The van der Waals surface area contributed by atoms with Gasteiger partial charge in [0.2, 0.25) is 0 Å². The molecule has 1 rings (SSSR count). The van der Waals surface area contributed by atoms with Crippen molar-refractivity contribution in [1.82, 2.24) is 0 Å². The predicted octanol–water partition coefficient (Wildman–Crippen LogP) is 2.17. The van der Waals surface area contributed by atoms with E-state index in [-0.39, 0.29) is 6.04 Å². The fraction of sp³-hybridized carbons (Fsp3) is 0.500. The summed E-state index contributed by atoms with van der Waals surface area (Å²) in [5.41, 5.74) is 9.43. The van der Waals surface area contributed by atoms with Gasteiger partial charge in [-0.05, 0) is 37.5 Å². The van der Waals surface area contributed by atoms with Gasteiger partial charge in [0.05, 0.1) is 13.2 Å². The molecule has 14 heavy (non-hydrogen) atoms. The summed E-state index contributed by atoms with van der Waals surface area (Å²) in [6, 6.07) is 6.50. The fourth-order valence-electron chi connectivity index (χ4n) is 1.26. The van der Waals surface area contributed by atoms with Crippen LogP contribution in [-0.2, 0) is 11.3 Å². The van der Waals surface area contributed by atoms with Crippen molar-refractivity contribution in [3.63, 3.8) is 0 Å². The van der Waals surface area contributed by atoms with Gasteiger partial charge >= 0.3 is 0 Å². The molecule has 1 atom stereocenters. The Bertz CT molecular complexity index is 294. The largest absolute Gasteiger partial charge is 0.375 e. The van der Waals surface area contributed by atoms with Crippen molar-refractivity contribution in [2.24, 2.45) is 5.73 Å². The second-order valence-corrected chi connectivity index (χ2v) is 3.91. The highest BCUT2D eigenvalue weighted by molar-refractivity contribution is 5.29. The molecule has 0 aliphatic rings. The average molecular weight is 193 g/mol. The van der Waals surface area contributed by atoms with E-state index >= 15 is 0 Å². The van der Waals surface area contributed by atoms with Crippen LogP contribution in [0.3, 0.4) is 0 Å². The van der Waals surface area contributed by atoms with Crippen LogP contribution in [0.4, 0.5) is 0 Å². The summed E-state index contributed by atoms with van der Waals surface area (Å²) in [4.78, 5) is 0. The van der Waals surface area contributed by atoms with E-state index in [0.29, 0.717) is 13.2 Å². The molecule has 0 saturated heterocycles. The summed E-state index contributed by atoms with van der Waals surface area (Å²) in [5.74, 6) is 0. The van der Waals surface area contributed by atoms with Crippen LogP contribution in [0.2, 0.25) is 0 Å². The number of hydrogen-bond donors (Lipinski definition) is 1. The highest BCUT2D eigenvalue weighted by Gasteiger charge is 1.98. The van der Waals surface area contributed by atoms with E-state index in [4.69, 9.17) is 10.5 Å². The van der Waals surface area contributed by atoms with Gasteiger partial charge in [-0.1, -0.05) is 18.2 Å². The number of nitrogens with two attached hydrogens (primary N) is 1. The molecule has 0 bridgehead atoms. The first-order chi connectivity index (χ1) is 6.59. The number of benzene rings is 1. The highest BCUT2D eigenvalue weighted by Crippen LogP contribution is 2.10. The predicted molar refractivity (Wildman–Crippen MR) is 59.2 cm³/mol. The molecular formula is C12H19NO. The third-order valence-electron chi connectivity index (χ3n) is 2.22. The lowest BCUT2D eigenvalue weighted by Crippen LogP contribution is -2.21. The first-order valence-electron chi connectivity index (χ1n) is 4.99. The average Bonchev–Trinajstić information content (AvgIpc) is 2.10. The van der Waals surface area contributed by atoms with E-state index in [9.17, 15) is 0 Å². The SMILES string of the molecule is Cc1ccc(COC[C@H](C)N)cc1C. The maximum atomic E-state index is 5.59. The van der Waals surface area contributed by atoms with Gasteiger partial charge in [0, 0.05) is 6.04 Å². The lowest BCUT2D eigenvalue weighted by atomic mass is 10.1. The van der Waals surface area contributed by atoms with E-state index in [1.54, 1.807) is 0 Å². The molecule has 0 saturated carbocycles. The summed E-state index contributed by atoms with van der Waals surface area (Å²) >= 11 is 0. The summed E-state index contributed by atoms with van der Waals surface area (Å²) in [6.45, 7) is 7.45. The van der Waals surface area contributed by atoms with Crippen LogP contribution in [0.1, 0.15) is 23.6 Å². The molecule has 0 unspecified atom stereocenters. The van der Waals surface area contributed by atoms with E-state index in [1.807, 2.05) is 6.92 Å². The number of ether oxygens (including phenoxy) is 1. The van der Waals surface area contributed by atoms with Crippen molar-refractivity contribution in [3.8, 4) is 0 Å². The van der Waals surface area contributed by atoms with Crippen molar-refractivity contribution in [2.45, 2.75) is 33.4 Å². The Labute approximate surface area is 86.1 Å². The minimum Gasteiger partial charge on any atom is -0.375 e. The van der Waals surface area contributed by atoms with Gasteiger partial charge < -0.3 is 10.5 Å². The first kappa shape index (κ1) is 11.2. The molecule has 0 aliphatic heterocycles. The van der Waals surface area contributed by atoms with E-state index in [2.05, 4.69) is 32.0 Å². The van der Waals surface area contributed by atoms with Crippen molar-refractivity contribution < 1.29 is 4.74 Å². The monoisotopic (exact) mass is 193 g/mol. The Hall–Kier alpha value is -0.860. The first-order valence-corrected chi connectivity index (χ1v) is 4.99. The molecule has 1 aromatic carbocycles. The summed E-state index contributed by atoms with van der Waals surface area (Å²) in [7, 11) is 0. The third kappa shape index (κ3) is 3.48. The Morgan fingerprint density at radius 1 is 1.29 bits per heavy atom. The number of hydrogen-bond acceptors (Lipinski definition) is 2. The zero-order chi connectivity index (χ0) is 10.6. The van der Waals surface area contributed by atoms with E-state index in [1.165, 1.54) is 16.7 Å². The molecule has 0 aromatic heterocycles. The molecule has 0 heterocycles. The molecule has 2 heteroatoms. The van der Waals surface area contributed by atoms with E-state index in [0.717, 1.165) is 0 Å². The quantitative estimate of drug-likeness (QED) is 0.795. The molecule has 1 aromatic rings. The standard InChI is InChI=1S/C12H19NO/c1-9-4-5-12(6-10(9)2)8-14-7-11(3)13/h4-6,11H,7-8,13H2,1-3H3/t11-/m0/s1. The van der Waals surface area contributed by atoms with Gasteiger partial charge in [-0.25, -0.2) is 0 Å². The lowest BCUT2D eigenvalue weighted by molar-refractivity contribution is 0.111. The Morgan fingerprint density at radius 3 is 2.57 bits per heavy atom. The van der Waals surface area contributed by atoms with Crippen LogP contribution in [0.25, 0.3) is 0 Å². The second-order valence-electron chi connectivity index (χ2n) is 3.91. The number of aryl methyl sites for hydroxylation is 2. The normalized spacial score (nSPS) is 12.9. The minimum absolute atomic E-state index is 0.113. The molecule has 0 amide bonds. The van der Waals surface area contributed by atoms with E-state index < -0.39 is 0 Å². The Kier molecular flexibility index (Phi) is 4.11. The van der Waals surface area contributed by atoms with Crippen molar-refractivity contribution >= 4 is 0 Å². The van der Waals surface area contributed by atoms with Crippen LogP contribution >= 0.6 is 0 Å². The van der Waals surface area contributed by atoms with Crippen LogP contribution in [0.5, 0.6) is 0 Å². The Balaban J connectivity index is 2.47. The minimum atomic E-state index is 0.113. The highest BCUT2D eigenvalue weighted by atomic mass is 16.5. The molecule has 78 valence electrons. The molecule has 2 nitrogen and oxygen atoms in total. The molecule has 0 aliphatic carbocycles. The molecule has 0 radical (unpaired) electrons. The smallest absolute Gasteiger partial charge is 0.0717 e. The van der Waals surface area contributed by atoms with Crippen LogP contribution in [0, 0.1) is 13.8 Å². The lowest BCUT2D eigenvalue weighted by Gasteiger charge is -2.08. The number of rotatable bonds is 4. The van der Waals surface area contributed by atoms with Gasteiger partial charge in [0.15, 0.2) is 0 Å². The van der Waals surface area contributed by atoms with Gasteiger partial charge in [0.1, 0.15) is 0 Å². The van der Waals surface area contributed by atoms with Crippen LogP contribution < -0.4 is 5.73 Å². The van der Waals surface area contributed by atoms with Gasteiger partial charge in [-0.2, -0.15) is 0 Å². The zero-order valence-corrected chi connectivity index (χ0v) is 9.21. The maximum Gasteiger partial charge on any atom is 0.0717 e. The summed E-state index contributed by atoms with van der Waals surface area (Å²) in [5, 5.41) is 0. The van der Waals surface area contributed by atoms with Crippen LogP contribution in [0.15, 0.2) is 18.2 Å². The molecule has 2 N–H and O–H groups in total. The molecule has 0 fully saturated rings. The van der Waals surface area contributed by atoms with Crippen molar-refractivity contribution in [2.75, 3.05) is 6.61 Å². The van der Waals surface area contributed by atoms with Crippen LogP contribution in [-0.4, -0.2) is 12.6 Å². The van der Waals surface area contributed by atoms with Crippen molar-refractivity contribution in [3.05, 3.63) is 34.9 Å². The maximum absolute atomic E-state index is 5.59. The molecule has 0 spiro atoms. The third-order valence-corrected chi connectivity index (χ3v) is 2.22. The van der Waals surface area contributed by atoms with Gasteiger partial charge in [0.25, 0.3) is 0 Å². The fourth-order valence-corrected chi connectivity index (χ4v) is 1.26. The van der Waals surface area contributed by atoms with Crippen molar-refractivity contribution in [1.29, 1.82) is 0 Å². The summed E-state index contributed by atoms with van der Waals surface area (Å²) in [6.07, 6.45) is 0. The topological polar surface area (TPSA) is 35.2 Å². The second kappa shape index (κ2) is 5.13. The van der Waals surface area contributed by atoms with Gasteiger partial charge in [-0.3, -0.25) is 0 Å². The zero-order valence-electron chi connectivity index (χ0n) is 9.21. The van der Waals surface area contributed by atoms with Gasteiger partial charge in [-0.15, -0.1) is 0 Å².